The topological polar surface area (TPSA) is 55.1 Å². The minimum absolute atomic E-state index is 0.253. The molecule has 1 aromatic heterocycles. The first kappa shape index (κ1) is 14.9. The van der Waals surface area contributed by atoms with E-state index in [-0.39, 0.29) is 6.04 Å². The Morgan fingerprint density at radius 2 is 2.25 bits per heavy atom. The van der Waals surface area contributed by atoms with Crippen molar-refractivity contribution in [1.29, 1.82) is 0 Å². The Kier molecular flexibility index (Phi) is 4.70. The number of aryl methyl sites for hydroxylation is 1. The number of nitrogens with zero attached hydrogens (tertiary/aromatic N) is 2. The molecule has 2 rings (SSSR count). The number of fused-ring (bicyclic) bond motifs is 1. The van der Waals surface area contributed by atoms with E-state index < -0.39 is 5.97 Å². The molecule has 0 spiro atoms. The molecule has 1 aromatic carbocycles. The van der Waals surface area contributed by atoms with Gasteiger partial charge in [0.1, 0.15) is 5.82 Å². The molecule has 1 atom stereocenters. The summed E-state index contributed by atoms with van der Waals surface area (Å²) in [6.07, 6.45) is 3.90. The van der Waals surface area contributed by atoms with E-state index in [1.165, 1.54) is 0 Å². The minimum atomic E-state index is -0.892. The summed E-state index contributed by atoms with van der Waals surface area (Å²) in [7, 11) is 0. The predicted molar refractivity (Wildman–Crippen MR) is 83.8 cm³/mol. The number of carbonyl (C=O) groups is 1. The highest BCUT2D eigenvalue weighted by atomic mass is 32.2. The first-order valence-corrected chi connectivity index (χ1v) is 8.21. The maximum absolute atomic E-state index is 11.5. The molecule has 1 heterocycles. The number of imidazole rings is 1. The van der Waals surface area contributed by atoms with Crippen LogP contribution in [0.5, 0.6) is 0 Å². The van der Waals surface area contributed by atoms with Gasteiger partial charge in [-0.15, -0.1) is 0 Å². The monoisotopic (exact) mass is 292 g/mol. The first-order valence-electron chi connectivity index (χ1n) is 6.82. The molecule has 2 aromatic rings. The van der Waals surface area contributed by atoms with Crippen molar-refractivity contribution in [3.8, 4) is 0 Å². The average Bonchev–Trinajstić information content (AvgIpc) is 2.82. The lowest BCUT2D eigenvalue weighted by atomic mass is 10.1. The summed E-state index contributed by atoms with van der Waals surface area (Å²) in [6.45, 7) is 4.19. The average molecular weight is 292 g/mol. The van der Waals surface area contributed by atoms with Gasteiger partial charge in [0.05, 0.1) is 16.6 Å². The number of aromatic carboxylic acids is 1. The SMILES string of the molecule is CCc1nc2cccc(C(=O)O)c2n1C(C)CCSC. The van der Waals surface area contributed by atoms with Gasteiger partial charge in [-0.25, -0.2) is 9.78 Å². The van der Waals surface area contributed by atoms with Gasteiger partial charge in [0.25, 0.3) is 0 Å². The van der Waals surface area contributed by atoms with Crippen LogP contribution in [-0.2, 0) is 6.42 Å². The van der Waals surface area contributed by atoms with E-state index in [2.05, 4.69) is 29.7 Å². The van der Waals surface area contributed by atoms with Crippen molar-refractivity contribution in [3.05, 3.63) is 29.6 Å². The van der Waals surface area contributed by atoms with Crippen LogP contribution in [0, 0.1) is 0 Å². The maximum atomic E-state index is 11.5. The second-order valence-corrected chi connectivity index (χ2v) is 5.85. The van der Waals surface area contributed by atoms with Crippen LogP contribution in [0.4, 0.5) is 0 Å². The number of carboxylic acid groups (broad SMARTS) is 1. The molecule has 1 N–H and O–H groups in total. The van der Waals surface area contributed by atoms with E-state index in [0.29, 0.717) is 5.56 Å². The van der Waals surface area contributed by atoms with Crippen molar-refractivity contribution < 1.29 is 9.90 Å². The summed E-state index contributed by atoms with van der Waals surface area (Å²) in [6, 6.07) is 5.56. The third-order valence-corrected chi connectivity index (χ3v) is 4.15. The molecule has 0 radical (unpaired) electrons. The lowest BCUT2D eigenvalue weighted by molar-refractivity contribution is 0.0698. The van der Waals surface area contributed by atoms with Gasteiger partial charge in [0, 0.05) is 12.5 Å². The summed E-state index contributed by atoms with van der Waals surface area (Å²) in [5.41, 5.74) is 1.87. The van der Waals surface area contributed by atoms with E-state index in [9.17, 15) is 9.90 Å². The molecule has 0 amide bonds. The third kappa shape index (κ3) is 2.68. The number of thioether (sulfide) groups is 1. The summed E-state index contributed by atoms with van der Waals surface area (Å²) >= 11 is 1.81. The Morgan fingerprint density at radius 3 is 2.85 bits per heavy atom. The maximum Gasteiger partial charge on any atom is 0.337 e. The van der Waals surface area contributed by atoms with Crippen LogP contribution in [0.3, 0.4) is 0 Å². The Balaban J connectivity index is 2.62. The van der Waals surface area contributed by atoms with Crippen LogP contribution in [0.1, 0.15) is 42.5 Å². The third-order valence-electron chi connectivity index (χ3n) is 3.51. The lowest BCUT2D eigenvalue weighted by Crippen LogP contribution is -2.12. The Labute approximate surface area is 123 Å². The number of carboxylic acids is 1. The quantitative estimate of drug-likeness (QED) is 0.883. The van der Waals surface area contributed by atoms with Gasteiger partial charge >= 0.3 is 5.97 Å². The molecule has 0 bridgehead atoms. The van der Waals surface area contributed by atoms with Crippen molar-refractivity contribution in [1.82, 2.24) is 9.55 Å². The van der Waals surface area contributed by atoms with Crippen LogP contribution in [-0.4, -0.2) is 32.6 Å². The molecule has 4 nitrogen and oxygen atoms in total. The van der Waals surface area contributed by atoms with Gasteiger partial charge in [-0.1, -0.05) is 13.0 Å². The van der Waals surface area contributed by atoms with Crippen molar-refractivity contribution in [3.63, 3.8) is 0 Å². The summed E-state index contributed by atoms with van der Waals surface area (Å²) in [5, 5.41) is 9.40. The number of aromatic nitrogens is 2. The van der Waals surface area contributed by atoms with Crippen molar-refractivity contribution in [2.45, 2.75) is 32.7 Å². The van der Waals surface area contributed by atoms with Crippen LogP contribution < -0.4 is 0 Å². The second-order valence-electron chi connectivity index (χ2n) is 4.86. The Hall–Kier alpha value is -1.49. The molecular formula is C15H20N2O2S. The van der Waals surface area contributed by atoms with Crippen molar-refractivity contribution >= 4 is 28.8 Å². The molecule has 0 saturated heterocycles. The van der Waals surface area contributed by atoms with Gasteiger partial charge < -0.3 is 9.67 Å². The molecule has 108 valence electrons. The van der Waals surface area contributed by atoms with Gasteiger partial charge in [0.2, 0.25) is 0 Å². The van der Waals surface area contributed by atoms with E-state index >= 15 is 0 Å². The van der Waals surface area contributed by atoms with Gasteiger partial charge in [-0.3, -0.25) is 0 Å². The molecule has 20 heavy (non-hydrogen) atoms. The molecular weight excluding hydrogens is 272 g/mol. The normalized spacial score (nSPS) is 12.8. The highest BCUT2D eigenvalue weighted by molar-refractivity contribution is 7.98. The highest BCUT2D eigenvalue weighted by Gasteiger charge is 2.19. The molecule has 0 aliphatic carbocycles. The van der Waals surface area contributed by atoms with E-state index in [0.717, 1.165) is 35.5 Å². The van der Waals surface area contributed by atoms with Crippen LogP contribution in [0.25, 0.3) is 11.0 Å². The summed E-state index contributed by atoms with van der Waals surface area (Å²) < 4.78 is 2.11. The lowest BCUT2D eigenvalue weighted by Gasteiger charge is -2.17. The zero-order valence-electron chi connectivity index (χ0n) is 12.1. The molecule has 0 aliphatic rings. The van der Waals surface area contributed by atoms with E-state index in [4.69, 9.17) is 0 Å². The molecule has 1 unspecified atom stereocenters. The fourth-order valence-electron chi connectivity index (χ4n) is 2.51. The zero-order chi connectivity index (χ0) is 14.7. The van der Waals surface area contributed by atoms with Crippen LogP contribution >= 0.6 is 11.8 Å². The van der Waals surface area contributed by atoms with Crippen molar-refractivity contribution in [2.75, 3.05) is 12.0 Å². The van der Waals surface area contributed by atoms with Gasteiger partial charge in [-0.2, -0.15) is 11.8 Å². The number of hydrogen-bond acceptors (Lipinski definition) is 3. The summed E-state index contributed by atoms with van der Waals surface area (Å²) in [4.78, 5) is 16.1. The number of benzene rings is 1. The fraction of sp³-hybridized carbons (Fsp3) is 0.467. The number of hydrogen-bond donors (Lipinski definition) is 1. The fourth-order valence-corrected chi connectivity index (χ4v) is 3.09. The number of para-hydroxylation sites is 1. The highest BCUT2D eigenvalue weighted by Crippen LogP contribution is 2.27. The largest absolute Gasteiger partial charge is 0.478 e. The second kappa shape index (κ2) is 6.31. The standard InChI is InChI=1S/C15H20N2O2S/c1-4-13-16-12-7-5-6-11(15(18)19)14(12)17(13)10(2)8-9-20-3/h5-7,10H,4,8-9H2,1-3H3,(H,18,19). The van der Waals surface area contributed by atoms with E-state index in [1.807, 2.05) is 6.07 Å². The smallest absolute Gasteiger partial charge is 0.337 e. The molecule has 0 saturated carbocycles. The number of rotatable bonds is 6. The Morgan fingerprint density at radius 1 is 1.50 bits per heavy atom. The Bertz CT molecular complexity index is 622. The van der Waals surface area contributed by atoms with Crippen molar-refractivity contribution in [2.24, 2.45) is 0 Å². The first-order chi connectivity index (χ1) is 9.60. The predicted octanol–water partition coefficient (Wildman–Crippen LogP) is 3.61. The van der Waals surface area contributed by atoms with Gasteiger partial charge in [-0.05, 0) is 37.5 Å². The van der Waals surface area contributed by atoms with Gasteiger partial charge in [0.15, 0.2) is 0 Å². The molecule has 5 heteroatoms. The van der Waals surface area contributed by atoms with Crippen LogP contribution in [0.15, 0.2) is 18.2 Å². The molecule has 0 aliphatic heterocycles. The molecule has 0 fully saturated rings. The summed E-state index contributed by atoms with van der Waals surface area (Å²) in [5.74, 6) is 1.12. The zero-order valence-corrected chi connectivity index (χ0v) is 12.9. The van der Waals surface area contributed by atoms with Crippen LogP contribution in [0.2, 0.25) is 0 Å². The van der Waals surface area contributed by atoms with E-state index in [1.54, 1.807) is 23.9 Å². The minimum Gasteiger partial charge on any atom is -0.478 e.